The normalized spacial score (nSPS) is 44.0. The van der Waals surface area contributed by atoms with Crippen molar-refractivity contribution in [3.63, 3.8) is 0 Å². The van der Waals surface area contributed by atoms with E-state index in [0.717, 1.165) is 12.8 Å². The van der Waals surface area contributed by atoms with Crippen LogP contribution >= 0.6 is 0 Å². The van der Waals surface area contributed by atoms with Gasteiger partial charge in [-0.15, -0.1) is 0 Å². The SMILES string of the molecule is [2H]C1OC12CCCCC2. The van der Waals surface area contributed by atoms with Gasteiger partial charge >= 0.3 is 0 Å². The number of hydrogen-bond acceptors (Lipinski definition) is 1. The highest BCUT2D eigenvalue weighted by Crippen LogP contribution is 2.41. The van der Waals surface area contributed by atoms with Crippen LogP contribution in [0.4, 0.5) is 0 Å². The molecule has 1 heteroatoms. The molecule has 1 saturated carbocycles. The summed E-state index contributed by atoms with van der Waals surface area (Å²) in [5.41, 5.74) is 0.0538. The molecule has 0 bridgehead atoms. The molecule has 1 spiro atoms. The summed E-state index contributed by atoms with van der Waals surface area (Å²) >= 11 is 0. The van der Waals surface area contributed by atoms with Crippen LogP contribution in [0.2, 0.25) is 0 Å². The van der Waals surface area contributed by atoms with E-state index in [2.05, 4.69) is 0 Å². The lowest BCUT2D eigenvalue weighted by Gasteiger charge is -2.16. The average Bonchev–Trinajstić information content (AvgIpc) is 2.44. The van der Waals surface area contributed by atoms with Crippen molar-refractivity contribution in [1.29, 1.82) is 0 Å². The van der Waals surface area contributed by atoms with E-state index in [0.29, 0.717) is 0 Å². The van der Waals surface area contributed by atoms with Gasteiger partial charge in [0.05, 0.1) is 13.6 Å². The Morgan fingerprint density at radius 1 is 1.25 bits per heavy atom. The summed E-state index contributed by atoms with van der Waals surface area (Å²) in [6, 6.07) is 0. The maximum Gasteiger partial charge on any atom is 0.0916 e. The number of epoxide rings is 1. The van der Waals surface area contributed by atoms with Crippen LogP contribution < -0.4 is 0 Å². The van der Waals surface area contributed by atoms with Gasteiger partial charge in [-0.05, 0) is 12.8 Å². The molecule has 0 radical (unpaired) electrons. The fourth-order valence-electron chi connectivity index (χ4n) is 1.47. The second-order valence-corrected chi connectivity index (χ2v) is 2.86. The van der Waals surface area contributed by atoms with Crippen molar-refractivity contribution in [3.8, 4) is 0 Å². The molecule has 0 aromatic rings. The maximum absolute atomic E-state index is 7.31. The molecule has 2 fully saturated rings. The zero-order valence-electron chi connectivity index (χ0n) is 6.02. The number of ether oxygens (including phenoxy) is 1. The lowest BCUT2D eigenvalue weighted by molar-refractivity contribution is 0.237. The fourth-order valence-corrected chi connectivity index (χ4v) is 1.47. The molecule has 1 nitrogen and oxygen atoms in total. The molecule has 1 heterocycles. The first-order chi connectivity index (χ1) is 4.33. The summed E-state index contributed by atoms with van der Waals surface area (Å²) in [6.45, 7) is -0.169. The molecule has 46 valence electrons. The molecule has 1 unspecified atom stereocenters. The van der Waals surface area contributed by atoms with Gasteiger partial charge in [0.1, 0.15) is 0 Å². The van der Waals surface area contributed by atoms with Crippen LogP contribution in [0.15, 0.2) is 0 Å². The zero-order chi connectivity index (χ0) is 6.32. The first-order valence-electron chi connectivity index (χ1n) is 4.01. The Balaban J connectivity index is 1.97. The lowest BCUT2D eigenvalue weighted by atomic mass is 9.90. The van der Waals surface area contributed by atoms with Crippen LogP contribution in [-0.2, 0) is 4.74 Å². The molecule has 2 rings (SSSR count). The van der Waals surface area contributed by atoms with Crippen molar-refractivity contribution < 1.29 is 6.11 Å². The van der Waals surface area contributed by atoms with E-state index in [1.807, 2.05) is 0 Å². The first kappa shape index (κ1) is 3.89. The average molecular weight is 113 g/mol. The summed E-state index contributed by atoms with van der Waals surface area (Å²) in [6.07, 6.45) is 6.17. The van der Waals surface area contributed by atoms with Crippen molar-refractivity contribution in [1.82, 2.24) is 0 Å². The minimum absolute atomic E-state index is 0.0538. The summed E-state index contributed by atoms with van der Waals surface area (Å²) in [5, 5.41) is 0. The number of hydrogen-bond donors (Lipinski definition) is 0. The Bertz CT molecular complexity index is 118. The van der Waals surface area contributed by atoms with Gasteiger partial charge in [0, 0.05) is 0 Å². The van der Waals surface area contributed by atoms with Crippen LogP contribution in [0.1, 0.15) is 33.5 Å². The third-order valence-electron chi connectivity index (χ3n) is 2.15. The highest BCUT2D eigenvalue weighted by molar-refractivity contribution is 4.93. The van der Waals surface area contributed by atoms with E-state index < -0.39 is 0 Å². The quantitative estimate of drug-likeness (QED) is 0.436. The van der Waals surface area contributed by atoms with Crippen molar-refractivity contribution in [2.75, 3.05) is 6.58 Å². The van der Waals surface area contributed by atoms with E-state index in [1.165, 1.54) is 19.3 Å². The highest BCUT2D eigenvalue weighted by atomic mass is 16.6. The van der Waals surface area contributed by atoms with Crippen LogP contribution in [0, 0.1) is 0 Å². The van der Waals surface area contributed by atoms with E-state index in [9.17, 15) is 0 Å². The van der Waals surface area contributed by atoms with Crippen LogP contribution in [-0.4, -0.2) is 12.2 Å². The van der Waals surface area contributed by atoms with Crippen molar-refractivity contribution >= 4 is 0 Å². The second kappa shape index (κ2) is 1.47. The third-order valence-corrected chi connectivity index (χ3v) is 2.15. The fraction of sp³-hybridized carbons (Fsp3) is 1.00. The molecule has 0 amide bonds. The second-order valence-electron chi connectivity index (χ2n) is 2.86. The molecular formula is C7H12O. The van der Waals surface area contributed by atoms with Crippen molar-refractivity contribution in [2.45, 2.75) is 37.7 Å². The van der Waals surface area contributed by atoms with Gasteiger partial charge in [0.15, 0.2) is 0 Å². The zero-order valence-corrected chi connectivity index (χ0v) is 5.02. The molecule has 1 atom stereocenters. The first-order valence-corrected chi connectivity index (χ1v) is 3.44. The summed E-state index contributed by atoms with van der Waals surface area (Å²) in [7, 11) is 0. The van der Waals surface area contributed by atoms with Gasteiger partial charge in [-0.3, -0.25) is 0 Å². The molecule has 1 aliphatic heterocycles. The Morgan fingerprint density at radius 2 is 1.88 bits per heavy atom. The van der Waals surface area contributed by atoms with Gasteiger partial charge < -0.3 is 4.74 Å². The standard InChI is InChI=1S/C7H12O/c1-2-4-7(5-3-1)6-8-7/h1-6H2/i6D. The predicted octanol–water partition coefficient (Wildman–Crippen LogP) is 1.72. The molecule has 1 aliphatic carbocycles. The van der Waals surface area contributed by atoms with Crippen LogP contribution in [0.25, 0.3) is 0 Å². The molecule has 2 aliphatic rings. The van der Waals surface area contributed by atoms with E-state index >= 15 is 0 Å². The highest BCUT2D eigenvalue weighted by Gasteiger charge is 2.44. The van der Waals surface area contributed by atoms with E-state index in [4.69, 9.17) is 6.11 Å². The van der Waals surface area contributed by atoms with Crippen molar-refractivity contribution in [2.24, 2.45) is 0 Å². The van der Waals surface area contributed by atoms with Crippen LogP contribution in [0.3, 0.4) is 0 Å². The van der Waals surface area contributed by atoms with Gasteiger partial charge in [0.2, 0.25) is 0 Å². The Morgan fingerprint density at radius 3 is 2.25 bits per heavy atom. The minimum atomic E-state index is -0.169. The Kier molecular flexibility index (Phi) is 0.715. The minimum Gasteiger partial charge on any atom is -0.370 e. The van der Waals surface area contributed by atoms with Gasteiger partial charge in [0.25, 0.3) is 0 Å². The van der Waals surface area contributed by atoms with Gasteiger partial charge in [-0.2, -0.15) is 0 Å². The largest absolute Gasteiger partial charge is 0.370 e. The molecule has 0 N–H and O–H groups in total. The monoisotopic (exact) mass is 113 g/mol. The summed E-state index contributed by atoms with van der Waals surface area (Å²) in [4.78, 5) is 0. The molecular weight excluding hydrogens is 100 g/mol. The number of rotatable bonds is 0. The summed E-state index contributed by atoms with van der Waals surface area (Å²) < 4.78 is 12.5. The van der Waals surface area contributed by atoms with Crippen molar-refractivity contribution in [3.05, 3.63) is 0 Å². The Labute approximate surface area is 51.4 Å². The van der Waals surface area contributed by atoms with Crippen LogP contribution in [0.5, 0.6) is 0 Å². The maximum atomic E-state index is 7.31. The van der Waals surface area contributed by atoms with E-state index in [1.54, 1.807) is 0 Å². The van der Waals surface area contributed by atoms with E-state index in [-0.39, 0.29) is 12.2 Å². The molecule has 8 heavy (non-hydrogen) atoms. The smallest absolute Gasteiger partial charge is 0.0916 e. The van der Waals surface area contributed by atoms with Gasteiger partial charge in [-0.1, -0.05) is 19.3 Å². The topological polar surface area (TPSA) is 12.5 Å². The predicted molar refractivity (Wildman–Crippen MR) is 31.8 cm³/mol. The molecule has 1 saturated heterocycles. The Hall–Kier alpha value is -0.0400. The lowest BCUT2D eigenvalue weighted by Crippen LogP contribution is -2.14. The molecule has 0 aromatic heterocycles. The third kappa shape index (κ3) is 0.655. The van der Waals surface area contributed by atoms with Gasteiger partial charge in [-0.25, -0.2) is 0 Å². The summed E-state index contributed by atoms with van der Waals surface area (Å²) in [5.74, 6) is 0. The molecule has 0 aromatic carbocycles.